The van der Waals surface area contributed by atoms with Crippen molar-refractivity contribution in [3.8, 4) is 5.88 Å². The maximum Gasteiger partial charge on any atom is 0.407 e. The number of alkyl carbamates (subject to hydrolysis) is 1. The predicted molar refractivity (Wildman–Crippen MR) is 117 cm³/mol. The number of azide groups is 1. The summed E-state index contributed by atoms with van der Waals surface area (Å²) in [5.41, 5.74) is 7.74. The number of nitrogens with one attached hydrogen (secondary N) is 1. The summed E-state index contributed by atoms with van der Waals surface area (Å²) in [7, 11) is 0. The van der Waals surface area contributed by atoms with E-state index in [1.54, 1.807) is 0 Å². The fourth-order valence-electron chi connectivity index (χ4n) is 3.30. The van der Waals surface area contributed by atoms with Gasteiger partial charge in [0.1, 0.15) is 11.4 Å². The molecule has 0 spiro atoms. The van der Waals surface area contributed by atoms with Crippen LogP contribution in [0.4, 0.5) is 10.6 Å². The maximum atomic E-state index is 12.1. The van der Waals surface area contributed by atoms with Gasteiger partial charge in [-0.1, -0.05) is 24.0 Å². The highest BCUT2D eigenvalue weighted by Crippen LogP contribution is 2.21. The Labute approximate surface area is 178 Å². The molecule has 1 aliphatic heterocycles. The van der Waals surface area contributed by atoms with Crippen LogP contribution in [0.25, 0.3) is 10.4 Å². The summed E-state index contributed by atoms with van der Waals surface area (Å²) < 4.78 is 11.2. The van der Waals surface area contributed by atoms with Crippen molar-refractivity contribution in [2.24, 2.45) is 5.11 Å². The van der Waals surface area contributed by atoms with Crippen LogP contribution >= 0.6 is 0 Å². The third-order valence-electron chi connectivity index (χ3n) is 4.64. The van der Waals surface area contributed by atoms with Crippen molar-refractivity contribution in [1.29, 1.82) is 0 Å². The second kappa shape index (κ2) is 12.1. The Morgan fingerprint density at radius 2 is 2.13 bits per heavy atom. The highest BCUT2D eigenvalue weighted by atomic mass is 16.6. The Kier molecular flexibility index (Phi) is 9.54. The number of hydrogen-bond acceptors (Lipinski definition) is 6. The first kappa shape index (κ1) is 23.6. The van der Waals surface area contributed by atoms with Crippen LogP contribution in [0.3, 0.4) is 0 Å². The molecule has 1 aromatic rings. The lowest BCUT2D eigenvalue weighted by atomic mass is 10.1. The number of piperidine rings is 1. The molecule has 0 bridgehead atoms. The number of rotatable bonds is 10. The van der Waals surface area contributed by atoms with Gasteiger partial charge in [0.15, 0.2) is 0 Å². The van der Waals surface area contributed by atoms with Crippen LogP contribution in [0.2, 0.25) is 0 Å². The van der Waals surface area contributed by atoms with E-state index in [9.17, 15) is 4.79 Å². The van der Waals surface area contributed by atoms with E-state index < -0.39 is 5.60 Å². The van der Waals surface area contributed by atoms with E-state index in [2.05, 4.69) is 25.2 Å². The number of carbonyl (C=O) groups excluding carboxylic acids is 1. The Hall–Kier alpha value is -2.67. The third-order valence-corrected chi connectivity index (χ3v) is 4.64. The maximum absolute atomic E-state index is 12.1. The predicted octanol–water partition coefficient (Wildman–Crippen LogP) is 4.82. The number of amides is 1. The summed E-state index contributed by atoms with van der Waals surface area (Å²) in [5.74, 6) is 1.47. The fraction of sp³-hybridized carbons (Fsp3) is 0.714. The quantitative estimate of drug-likeness (QED) is 0.253. The van der Waals surface area contributed by atoms with E-state index >= 15 is 0 Å². The zero-order valence-electron chi connectivity index (χ0n) is 18.3. The molecule has 30 heavy (non-hydrogen) atoms. The molecule has 1 N–H and O–H groups in total. The number of aromatic nitrogens is 1. The van der Waals surface area contributed by atoms with E-state index in [1.165, 1.54) is 0 Å². The summed E-state index contributed by atoms with van der Waals surface area (Å²) in [6.07, 6.45) is 5.42. The Bertz CT molecular complexity index is 715. The fourth-order valence-corrected chi connectivity index (χ4v) is 3.30. The van der Waals surface area contributed by atoms with Crippen molar-refractivity contribution >= 4 is 11.9 Å². The molecule has 1 aromatic heterocycles. The average Bonchev–Trinajstić information content (AvgIpc) is 2.69. The van der Waals surface area contributed by atoms with Gasteiger partial charge in [0, 0.05) is 36.7 Å². The average molecular weight is 419 g/mol. The number of carbonyl (C=O) groups is 1. The molecule has 0 radical (unpaired) electrons. The highest BCUT2D eigenvalue weighted by molar-refractivity contribution is 5.68. The smallest absolute Gasteiger partial charge is 0.407 e. The molecular formula is C21H34N6O3. The number of unbranched alkanes of at least 4 members (excludes halogenated alkanes) is 3. The van der Waals surface area contributed by atoms with Crippen molar-refractivity contribution in [2.45, 2.75) is 70.9 Å². The van der Waals surface area contributed by atoms with Gasteiger partial charge in [0.2, 0.25) is 5.88 Å². The zero-order chi connectivity index (χ0) is 21.8. The van der Waals surface area contributed by atoms with E-state index in [0.29, 0.717) is 25.6 Å². The van der Waals surface area contributed by atoms with E-state index in [-0.39, 0.29) is 12.1 Å². The normalized spacial score (nSPS) is 16.5. The first-order chi connectivity index (χ1) is 14.4. The van der Waals surface area contributed by atoms with Gasteiger partial charge in [-0.05, 0) is 58.1 Å². The van der Waals surface area contributed by atoms with Gasteiger partial charge >= 0.3 is 6.09 Å². The SMILES string of the molecule is CC(C)(C)OC(=O)N[C@H]1CCCN(c2cccc(OCCCCCCN=[N+]=[N-])n2)C1. The van der Waals surface area contributed by atoms with Gasteiger partial charge < -0.3 is 19.7 Å². The summed E-state index contributed by atoms with van der Waals surface area (Å²) in [4.78, 5) is 21.6. The van der Waals surface area contributed by atoms with Crippen LogP contribution in [0, 0.1) is 0 Å². The van der Waals surface area contributed by atoms with Gasteiger partial charge in [0.05, 0.1) is 6.61 Å². The van der Waals surface area contributed by atoms with Gasteiger partial charge in [-0.2, -0.15) is 4.98 Å². The number of anilines is 1. The summed E-state index contributed by atoms with van der Waals surface area (Å²) >= 11 is 0. The molecule has 1 aliphatic rings. The first-order valence-electron chi connectivity index (χ1n) is 10.7. The molecule has 0 aromatic carbocycles. The van der Waals surface area contributed by atoms with Crippen LogP contribution in [0.1, 0.15) is 59.3 Å². The van der Waals surface area contributed by atoms with Crippen LogP contribution in [-0.2, 0) is 4.74 Å². The van der Waals surface area contributed by atoms with E-state index in [0.717, 1.165) is 50.9 Å². The molecule has 9 heteroatoms. The lowest BCUT2D eigenvalue weighted by Crippen LogP contribution is -2.49. The Morgan fingerprint density at radius 3 is 2.90 bits per heavy atom. The lowest BCUT2D eigenvalue weighted by Gasteiger charge is -2.34. The monoisotopic (exact) mass is 418 g/mol. The molecule has 9 nitrogen and oxygen atoms in total. The number of ether oxygens (including phenoxy) is 2. The highest BCUT2D eigenvalue weighted by Gasteiger charge is 2.25. The second-order valence-electron chi connectivity index (χ2n) is 8.48. The van der Waals surface area contributed by atoms with Crippen LogP contribution < -0.4 is 15.0 Å². The summed E-state index contributed by atoms with van der Waals surface area (Å²) in [6, 6.07) is 5.82. The van der Waals surface area contributed by atoms with Gasteiger partial charge in [-0.15, -0.1) is 0 Å². The minimum atomic E-state index is -0.504. The largest absolute Gasteiger partial charge is 0.478 e. The van der Waals surface area contributed by atoms with Crippen LogP contribution in [-0.4, -0.2) is 49.0 Å². The standard InChI is InChI=1S/C21H34N6O3/c1-21(2,3)30-20(28)24-17-10-9-14-27(16-17)18-11-8-12-19(25-18)29-15-7-5-4-6-13-23-26-22/h8,11-12,17H,4-7,9-10,13-16H2,1-3H3,(H,24,28)/t17-/m0/s1. The van der Waals surface area contributed by atoms with E-state index in [4.69, 9.17) is 15.0 Å². The molecule has 2 heterocycles. The zero-order valence-corrected chi connectivity index (χ0v) is 18.3. The first-order valence-corrected chi connectivity index (χ1v) is 10.7. The minimum Gasteiger partial charge on any atom is -0.478 e. The molecule has 0 saturated carbocycles. The van der Waals surface area contributed by atoms with Crippen molar-refractivity contribution in [1.82, 2.24) is 10.3 Å². The number of pyridine rings is 1. The number of nitrogens with zero attached hydrogens (tertiary/aromatic N) is 5. The van der Waals surface area contributed by atoms with Gasteiger partial charge in [-0.3, -0.25) is 0 Å². The Morgan fingerprint density at radius 1 is 1.33 bits per heavy atom. The molecule has 0 unspecified atom stereocenters. The van der Waals surface area contributed by atoms with Gasteiger partial charge in [0.25, 0.3) is 0 Å². The molecule has 166 valence electrons. The van der Waals surface area contributed by atoms with Crippen molar-refractivity contribution in [3.63, 3.8) is 0 Å². The lowest BCUT2D eigenvalue weighted by molar-refractivity contribution is 0.0500. The topological polar surface area (TPSA) is 112 Å². The van der Waals surface area contributed by atoms with Crippen LogP contribution in [0.15, 0.2) is 23.3 Å². The molecule has 1 amide bonds. The molecule has 1 atom stereocenters. The van der Waals surface area contributed by atoms with E-state index in [1.807, 2.05) is 39.0 Å². The van der Waals surface area contributed by atoms with Gasteiger partial charge in [-0.25, -0.2) is 4.79 Å². The van der Waals surface area contributed by atoms with Crippen molar-refractivity contribution < 1.29 is 14.3 Å². The van der Waals surface area contributed by atoms with Crippen molar-refractivity contribution in [3.05, 3.63) is 28.6 Å². The molecular weight excluding hydrogens is 384 g/mol. The molecule has 1 fully saturated rings. The Balaban J connectivity index is 1.77. The minimum absolute atomic E-state index is 0.0327. The number of hydrogen-bond donors (Lipinski definition) is 1. The second-order valence-corrected chi connectivity index (χ2v) is 8.48. The summed E-state index contributed by atoms with van der Waals surface area (Å²) in [5, 5.41) is 6.50. The summed E-state index contributed by atoms with van der Waals surface area (Å²) in [6.45, 7) is 8.34. The third kappa shape index (κ3) is 9.22. The molecule has 0 aliphatic carbocycles. The molecule has 2 rings (SSSR count). The van der Waals surface area contributed by atoms with Crippen molar-refractivity contribution in [2.75, 3.05) is 31.1 Å². The van der Waals surface area contributed by atoms with Crippen LogP contribution in [0.5, 0.6) is 5.88 Å². The molecule has 1 saturated heterocycles.